The number of halogens is 2. The lowest BCUT2D eigenvalue weighted by atomic mass is 9.71. The molecular formula is C28H28BrClN2O2. The molecule has 0 spiro atoms. The predicted octanol–water partition coefficient (Wildman–Crippen LogP) is 6.63. The smallest absolute Gasteiger partial charge is 0.217 e. The predicted molar refractivity (Wildman–Crippen MR) is 143 cm³/mol. The van der Waals surface area contributed by atoms with Crippen LogP contribution in [0.5, 0.6) is 5.88 Å². The van der Waals surface area contributed by atoms with Crippen molar-refractivity contribution < 1.29 is 9.84 Å². The fourth-order valence-electron chi connectivity index (χ4n) is 4.46. The normalized spacial score (nSPS) is 14.2. The van der Waals surface area contributed by atoms with Crippen molar-refractivity contribution in [3.63, 3.8) is 0 Å². The van der Waals surface area contributed by atoms with E-state index < -0.39 is 11.5 Å². The molecule has 0 saturated heterocycles. The fraction of sp³-hybridized carbons (Fsp3) is 0.250. The molecular weight excluding hydrogens is 512 g/mol. The Bertz CT molecular complexity index is 1260. The second-order valence-corrected chi connectivity index (χ2v) is 10.1. The third kappa shape index (κ3) is 5.13. The molecule has 0 aliphatic rings. The second kappa shape index (κ2) is 10.4. The topological polar surface area (TPSA) is 45.6 Å². The van der Waals surface area contributed by atoms with Crippen molar-refractivity contribution in [1.82, 2.24) is 9.88 Å². The van der Waals surface area contributed by atoms with Crippen LogP contribution in [0.25, 0.3) is 10.9 Å². The van der Waals surface area contributed by atoms with Gasteiger partial charge in [-0.1, -0.05) is 70.0 Å². The van der Waals surface area contributed by atoms with Gasteiger partial charge in [0.25, 0.3) is 0 Å². The van der Waals surface area contributed by atoms with Crippen molar-refractivity contribution in [2.45, 2.75) is 17.9 Å². The third-order valence-electron chi connectivity index (χ3n) is 6.17. The number of rotatable bonds is 8. The van der Waals surface area contributed by atoms with Crippen LogP contribution in [0.2, 0.25) is 5.02 Å². The average Bonchev–Trinajstić information content (AvgIpc) is 2.83. The number of benzene rings is 3. The Kier molecular flexibility index (Phi) is 7.58. The Morgan fingerprint density at radius 3 is 2.38 bits per heavy atom. The van der Waals surface area contributed by atoms with Crippen molar-refractivity contribution in [2.24, 2.45) is 0 Å². The standard InChI is InChI=1S/C28H28BrClN2O2/c1-32(2)16-15-28(33,21-9-12-23(30)13-10-21)26(19-7-5-4-6-8-19)24-18-20-17-22(29)11-14-25(20)31-27(24)34-3/h4-14,17-18,26,33H,15-16H2,1-3H3. The van der Waals surface area contributed by atoms with Crippen LogP contribution < -0.4 is 4.74 Å². The lowest BCUT2D eigenvalue weighted by Crippen LogP contribution is -2.37. The van der Waals surface area contributed by atoms with Gasteiger partial charge < -0.3 is 14.7 Å². The molecule has 0 aliphatic heterocycles. The minimum atomic E-state index is -1.25. The minimum Gasteiger partial charge on any atom is -0.481 e. The molecule has 2 atom stereocenters. The third-order valence-corrected chi connectivity index (χ3v) is 6.91. The van der Waals surface area contributed by atoms with E-state index in [1.807, 2.05) is 86.9 Å². The highest BCUT2D eigenvalue weighted by Gasteiger charge is 2.42. The van der Waals surface area contributed by atoms with Crippen molar-refractivity contribution in [1.29, 1.82) is 0 Å². The largest absolute Gasteiger partial charge is 0.481 e. The summed E-state index contributed by atoms with van der Waals surface area (Å²) in [6.07, 6.45) is 0.501. The summed E-state index contributed by atoms with van der Waals surface area (Å²) in [5.41, 5.74) is 2.19. The van der Waals surface area contributed by atoms with E-state index in [9.17, 15) is 5.11 Å². The number of methoxy groups -OCH3 is 1. The lowest BCUT2D eigenvalue weighted by molar-refractivity contribution is 0.00381. The highest BCUT2D eigenvalue weighted by Crippen LogP contribution is 2.47. The first kappa shape index (κ1) is 24.7. The molecule has 1 aromatic heterocycles. The second-order valence-electron chi connectivity index (χ2n) is 8.75. The molecule has 1 N–H and O–H groups in total. The van der Waals surface area contributed by atoms with Gasteiger partial charge in [-0.3, -0.25) is 0 Å². The molecule has 176 valence electrons. The highest BCUT2D eigenvalue weighted by molar-refractivity contribution is 9.10. The molecule has 0 radical (unpaired) electrons. The number of pyridine rings is 1. The van der Waals surface area contributed by atoms with Crippen molar-refractivity contribution in [3.05, 3.63) is 105 Å². The van der Waals surface area contributed by atoms with E-state index in [2.05, 4.69) is 26.9 Å². The van der Waals surface area contributed by atoms with Crippen LogP contribution in [-0.4, -0.2) is 42.7 Å². The number of ether oxygens (including phenoxy) is 1. The molecule has 2 unspecified atom stereocenters. The van der Waals surface area contributed by atoms with E-state index in [4.69, 9.17) is 21.3 Å². The quantitative estimate of drug-likeness (QED) is 0.273. The van der Waals surface area contributed by atoms with Crippen molar-refractivity contribution in [3.8, 4) is 5.88 Å². The fourth-order valence-corrected chi connectivity index (χ4v) is 4.97. The van der Waals surface area contributed by atoms with Gasteiger partial charge in [-0.15, -0.1) is 0 Å². The van der Waals surface area contributed by atoms with Gasteiger partial charge in [-0.2, -0.15) is 0 Å². The Morgan fingerprint density at radius 2 is 1.74 bits per heavy atom. The number of aromatic nitrogens is 1. The zero-order valence-corrected chi connectivity index (χ0v) is 21.8. The molecule has 6 heteroatoms. The summed E-state index contributed by atoms with van der Waals surface area (Å²) in [7, 11) is 5.64. The monoisotopic (exact) mass is 538 g/mol. The first-order valence-electron chi connectivity index (χ1n) is 11.1. The number of aliphatic hydroxyl groups is 1. The van der Waals surface area contributed by atoms with Crippen LogP contribution >= 0.6 is 27.5 Å². The van der Waals surface area contributed by atoms with Crippen molar-refractivity contribution >= 4 is 38.4 Å². The maximum absolute atomic E-state index is 12.6. The number of hydrogen-bond donors (Lipinski definition) is 1. The van der Waals surface area contributed by atoms with E-state index >= 15 is 0 Å². The van der Waals surface area contributed by atoms with E-state index in [1.165, 1.54) is 0 Å². The molecule has 1 heterocycles. The number of nitrogens with zero attached hydrogens (tertiary/aromatic N) is 2. The Hall–Kier alpha value is -2.44. The maximum atomic E-state index is 12.6. The van der Waals surface area contributed by atoms with Crippen LogP contribution in [0.3, 0.4) is 0 Å². The van der Waals surface area contributed by atoms with Gasteiger partial charge in [-0.05, 0) is 68.0 Å². The zero-order valence-electron chi connectivity index (χ0n) is 19.5. The van der Waals surface area contributed by atoms with E-state index in [0.717, 1.165) is 32.1 Å². The first-order chi connectivity index (χ1) is 16.3. The number of fused-ring (bicyclic) bond motifs is 1. The molecule has 34 heavy (non-hydrogen) atoms. The molecule has 0 fully saturated rings. The molecule has 0 saturated carbocycles. The summed E-state index contributed by atoms with van der Waals surface area (Å²) >= 11 is 9.78. The summed E-state index contributed by atoms with van der Waals surface area (Å²) in [6, 6.07) is 25.6. The molecule has 4 aromatic rings. The van der Waals surface area contributed by atoms with E-state index in [1.54, 1.807) is 7.11 Å². The summed E-state index contributed by atoms with van der Waals surface area (Å²) in [5.74, 6) is 0.0709. The van der Waals surface area contributed by atoms with Crippen LogP contribution in [-0.2, 0) is 5.60 Å². The summed E-state index contributed by atoms with van der Waals surface area (Å²) in [5, 5.41) is 14.2. The summed E-state index contributed by atoms with van der Waals surface area (Å²) in [6.45, 7) is 0.692. The Morgan fingerprint density at radius 1 is 1.03 bits per heavy atom. The number of hydrogen-bond acceptors (Lipinski definition) is 4. The molecule has 3 aromatic carbocycles. The van der Waals surface area contributed by atoms with Gasteiger partial charge in [0.1, 0.15) is 5.60 Å². The molecule has 0 bridgehead atoms. The molecule has 0 amide bonds. The van der Waals surface area contributed by atoms with Crippen molar-refractivity contribution in [2.75, 3.05) is 27.7 Å². The Balaban J connectivity index is 2.01. The van der Waals surface area contributed by atoms with E-state index in [-0.39, 0.29) is 0 Å². The van der Waals surface area contributed by atoms with Gasteiger partial charge >= 0.3 is 0 Å². The first-order valence-corrected chi connectivity index (χ1v) is 12.3. The molecule has 4 nitrogen and oxygen atoms in total. The van der Waals surface area contributed by atoms with Gasteiger partial charge in [0.15, 0.2) is 0 Å². The summed E-state index contributed by atoms with van der Waals surface area (Å²) < 4.78 is 6.76. The lowest BCUT2D eigenvalue weighted by Gasteiger charge is -2.39. The van der Waals surface area contributed by atoms with Crippen LogP contribution in [0.1, 0.15) is 29.0 Å². The average molecular weight is 540 g/mol. The van der Waals surface area contributed by atoms with Gasteiger partial charge in [0.05, 0.1) is 12.6 Å². The van der Waals surface area contributed by atoms with Gasteiger partial charge in [0.2, 0.25) is 5.88 Å². The highest BCUT2D eigenvalue weighted by atomic mass is 79.9. The van der Waals surface area contributed by atoms with Crippen LogP contribution in [0.15, 0.2) is 83.3 Å². The summed E-state index contributed by atoms with van der Waals surface area (Å²) in [4.78, 5) is 6.89. The zero-order chi connectivity index (χ0) is 24.3. The molecule has 0 aliphatic carbocycles. The minimum absolute atomic E-state index is 0.430. The van der Waals surface area contributed by atoms with Crippen LogP contribution in [0, 0.1) is 0 Å². The van der Waals surface area contributed by atoms with E-state index in [0.29, 0.717) is 23.9 Å². The molecule has 4 rings (SSSR count). The van der Waals surface area contributed by atoms with Gasteiger partial charge in [-0.25, -0.2) is 4.98 Å². The van der Waals surface area contributed by atoms with Crippen LogP contribution in [0.4, 0.5) is 0 Å². The van der Waals surface area contributed by atoms with Gasteiger partial charge in [0, 0.05) is 32.9 Å². The maximum Gasteiger partial charge on any atom is 0.217 e. The SMILES string of the molecule is COc1nc2ccc(Br)cc2cc1C(c1ccccc1)C(O)(CCN(C)C)c1ccc(Cl)cc1. The Labute approximate surface area is 214 Å².